The van der Waals surface area contributed by atoms with Crippen molar-refractivity contribution in [2.24, 2.45) is 17.1 Å². The lowest BCUT2D eigenvalue weighted by atomic mass is 9.81. The van der Waals surface area contributed by atoms with E-state index in [0.29, 0.717) is 5.92 Å². The Bertz CT molecular complexity index is 199. The van der Waals surface area contributed by atoms with E-state index >= 15 is 0 Å². The van der Waals surface area contributed by atoms with Crippen molar-refractivity contribution in [1.29, 1.82) is 0 Å². The number of carboxylic acid groups (broad SMARTS) is 1. The highest BCUT2D eigenvalue weighted by molar-refractivity contribution is 5.75. The third-order valence-electron chi connectivity index (χ3n) is 3.42. The summed E-state index contributed by atoms with van der Waals surface area (Å²) >= 11 is 0. The number of hydrogen-bond acceptors (Lipinski definition) is 2. The Balaban J connectivity index is 2.60. The molecule has 0 radical (unpaired) electrons. The average Bonchev–Trinajstić information content (AvgIpc) is 2.83. The van der Waals surface area contributed by atoms with Crippen LogP contribution in [0.3, 0.4) is 0 Å². The summed E-state index contributed by atoms with van der Waals surface area (Å²) in [7, 11) is 0. The van der Waals surface area contributed by atoms with Gasteiger partial charge < -0.3 is 10.8 Å². The molecule has 0 saturated heterocycles. The van der Waals surface area contributed by atoms with E-state index in [2.05, 4.69) is 13.8 Å². The van der Waals surface area contributed by atoms with Crippen LogP contribution in [0.4, 0.5) is 0 Å². The summed E-state index contributed by atoms with van der Waals surface area (Å²) in [6.45, 7) is 4.25. The van der Waals surface area contributed by atoms with Gasteiger partial charge in [-0.2, -0.15) is 0 Å². The van der Waals surface area contributed by atoms with Gasteiger partial charge in [0, 0.05) is 0 Å². The molecule has 3 heteroatoms. The predicted octanol–water partition coefficient (Wildman–Crippen LogP) is 1.61. The highest BCUT2D eigenvalue weighted by Crippen LogP contribution is 2.55. The molecular formula is C10H19NO2. The van der Waals surface area contributed by atoms with Crippen molar-refractivity contribution in [2.75, 3.05) is 0 Å². The molecule has 2 unspecified atom stereocenters. The van der Waals surface area contributed by atoms with Gasteiger partial charge in [-0.3, -0.25) is 4.79 Å². The first kappa shape index (κ1) is 10.5. The van der Waals surface area contributed by atoms with Crippen molar-refractivity contribution >= 4 is 5.97 Å². The zero-order valence-electron chi connectivity index (χ0n) is 8.42. The minimum atomic E-state index is -0.847. The van der Waals surface area contributed by atoms with Gasteiger partial charge in [-0.15, -0.1) is 0 Å². The fraction of sp³-hybridized carbons (Fsp3) is 0.900. The third kappa shape index (κ3) is 1.85. The van der Waals surface area contributed by atoms with E-state index in [1.54, 1.807) is 0 Å². The van der Waals surface area contributed by atoms with Crippen molar-refractivity contribution < 1.29 is 9.90 Å². The fourth-order valence-electron chi connectivity index (χ4n) is 2.22. The van der Waals surface area contributed by atoms with Crippen LogP contribution in [0.15, 0.2) is 0 Å². The van der Waals surface area contributed by atoms with Crippen molar-refractivity contribution in [3.63, 3.8) is 0 Å². The molecule has 0 spiro atoms. The monoisotopic (exact) mass is 185 g/mol. The molecule has 1 saturated carbocycles. The smallest absolute Gasteiger partial charge is 0.321 e. The van der Waals surface area contributed by atoms with Crippen LogP contribution in [-0.2, 0) is 4.79 Å². The average molecular weight is 185 g/mol. The first-order chi connectivity index (χ1) is 6.04. The molecule has 0 aliphatic heterocycles. The van der Waals surface area contributed by atoms with Crippen LogP contribution >= 0.6 is 0 Å². The van der Waals surface area contributed by atoms with Crippen LogP contribution in [0, 0.1) is 11.3 Å². The van der Waals surface area contributed by atoms with Gasteiger partial charge in [-0.25, -0.2) is 0 Å². The van der Waals surface area contributed by atoms with Crippen LogP contribution in [0.1, 0.15) is 39.5 Å². The van der Waals surface area contributed by atoms with Gasteiger partial charge in [0.2, 0.25) is 0 Å². The Kier molecular flexibility index (Phi) is 2.96. The number of carbonyl (C=O) groups is 1. The van der Waals surface area contributed by atoms with Gasteiger partial charge in [-0.05, 0) is 24.2 Å². The number of hydrogen-bond donors (Lipinski definition) is 2. The Hall–Kier alpha value is -0.570. The number of nitrogens with two attached hydrogens (primary N) is 1. The molecular weight excluding hydrogens is 166 g/mol. The standard InChI is InChI=1S/C10H19NO2/c1-3-4-7(2)10(5-6-10)8(11)9(12)13/h7-8H,3-6,11H2,1-2H3,(H,12,13). The van der Waals surface area contributed by atoms with E-state index in [1.165, 1.54) is 0 Å². The normalized spacial score (nSPS) is 23.6. The molecule has 2 atom stereocenters. The molecule has 1 rings (SSSR count). The van der Waals surface area contributed by atoms with Gasteiger partial charge in [0.25, 0.3) is 0 Å². The van der Waals surface area contributed by atoms with Crippen LogP contribution in [0.2, 0.25) is 0 Å². The first-order valence-corrected chi connectivity index (χ1v) is 5.03. The van der Waals surface area contributed by atoms with E-state index in [-0.39, 0.29) is 5.41 Å². The van der Waals surface area contributed by atoms with Crippen LogP contribution in [0.5, 0.6) is 0 Å². The lowest BCUT2D eigenvalue weighted by molar-refractivity contribution is -0.141. The molecule has 3 N–H and O–H groups in total. The van der Waals surface area contributed by atoms with E-state index in [9.17, 15) is 4.79 Å². The summed E-state index contributed by atoms with van der Waals surface area (Å²) in [5.41, 5.74) is 5.61. The largest absolute Gasteiger partial charge is 0.480 e. The number of rotatable bonds is 5. The Morgan fingerprint density at radius 2 is 2.15 bits per heavy atom. The molecule has 13 heavy (non-hydrogen) atoms. The molecule has 1 fully saturated rings. The lowest BCUT2D eigenvalue weighted by Crippen LogP contribution is -2.42. The maximum absolute atomic E-state index is 10.8. The Morgan fingerprint density at radius 1 is 1.62 bits per heavy atom. The summed E-state index contributed by atoms with van der Waals surface area (Å²) in [6.07, 6.45) is 4.17. The van der Waals surface area contributed by atoms with Crippen LogP contribution < -0.4 is 5.73 Å². The molecule has 0 aromatic carbocycles. The van der Waals surface area contributed by atoms with Crippen molar-refractivity contribution in [3.05, 3.63) is 0 Å². The number of aliphatic carboxylic acids is 1. The van der Waals surface area contributed by atoms with Crippen molar-refractivity contribution in [1.82, 2.24) is 0 Å². The predicted molar refractivity (Wildman–Crippen MR) is 51.4 cm³/mol. The molecule has 0 bridgehead atoms. The van der Waals surface area contributed by atoms with E-state index in [4.69, 9.17) is 10.8 Å². The Morgan fingerprint density at radius 3 is 2.46 bits per heavy atom. The molecule has 3 nitrogen and oxygen atoms in total. The first-order valence-electron chi connectivity index (χ1n) is 5.03. The van der Waals surface area contributed by atoms with Gasteiger partial charge in [0.15, 0.2) is 0 Å². The van der Waals surface area contributed by atoms with Gasteiger partial charge in [0.1, 0.15) is 6.04 Å². The molecule has 1 aliphatic carbocycles. The molecule has 0 amide bonds. The van der Waals surface area contributed by atoms with Crippen LogP contribution in [0.25, 0.3) is 0 Å². The maximum atomic E-state index is 10.8. The molecule has 0 aromatic rings. The minimum Gasteiger partial charge on any atom is -0.480 e. The highest BCUT2D eigenvalue weighted by atomic mass is 16.4. The summed E-state index contributed by atoms with van der Waals surface area (Å²) < 4.78 is 0. The van der Waals surface area contributed by atoms with Crippen molar-refractivity contribution in [2.45, 2.75) is 45.6 Å². The molecule has 1 aliphatic rings. The second-order valence-corrected chi connectivity index (χ2v) is 4.24. The summed E-state index contributed by atoms with van der Waals surface area (Å²) in [4.78, 5) is 10.8. The zero-order valence-corrected chi connectivity index (χ0v) is 8.42. The van der Waals surface area contributed by atoms with E-state index in [0.717, 1.165) is 25.7 Å². The zero-order chi connectivity index (χ0) is 10.1. The summed E-state index contributed by atoms with van der Waals surface area (Å²) in [6, 6.07) is -0.658. The second-order valence-electron chi connectivity index (χ2n) is 4.24. The SMILES string of the molecule is CCCC(C)C1(C(N)C(=O)O)CC1. The molecule has 76 valence electrons. The summed E-state index contributed by atoms with van der Waals surface area (Å²) in [5, 5.41) is 8.85. The van der Waals surface area contributed by atoms with E-state index in [1.807, 2.05) is 0 Å². The highest BCUT2D eigenvalue weighted by Gasteiger charge is 2.53. The van der Waals surface area contributed by atoms with Gasteiger partial charge in [0.05, 0.1) is 0 Å². The topological polar surface area (TPSA) is 63.3 Å². The fourth-order valence-corrected chi connectivity index (χ4v) is 2.22. The minimum absolute atomic E-state index is 0.0815. The van der Waals surface area contributed by atoms with E-state index < -0.39 is 12.0 Å². The maximum Gasteiger partial charge on any atom is 0.321 e. The molecule has 0 heterocycles. The lowest BCUT2D eigenvalue weighted by Gasteiger charge is -2.26. The third-order valence-corrected chi connectivity index (χ3v) is 3.42. The number of carboxylic acids is 1. The van der Waals surface area contributed by atoms with Crippen LogP contribution in [-0.4, -0.2) is 17.1 Å². The van der Waals surface area contributed by atoms with Gasteiger partial charge >= 0.3 is 5.97 Å². The van der Waals surface area contributed by atoms with Gasteiger partial charge in [-0.1, -0.05) is 26.7 Å². The molecule has 0 aromatic heterocycles. The Labute approximate surface area is 79.3 Å². The summed E-state index contributed by atoms with van der Waals surface area (Å²) in [5.74, 6) is -0.399. The van der Waals surface area contributed by atoms with Crippen molar-refractivity contribution in [3.8, 4) is 0 Å². The quantitative estimate of drug-likeness (QED) is 0.684. The second kappa shape index (κ2) is 3.66.